The van der Waals surface area contributed by atoms with Crippen molar-refractivity contribution in [3.63, 3.8) is 0 Å². The number of likely N-dealkylation sites (N-methyl/N-ethyl adjacent to an activating group) is 1. The molecule has 27 heavy (non-hydrogen) atoms. The van der Waals surface area contributed by atoms with E-state index in [1.165, 1.54) is 4.88 Å². The summed E-state index contributed by atoms with van der Waals surface area (Å²) in [4.78, 5) is 26.7. The van der Waals surface area contributed by atoms with Crippen LogP contribution in [0.5, 0.6) is 0 Å². The first-order chi connectivity index (χ1) is 13.0. The fraction of sp³-hybridized carbons (Fsp3) is 0.550. The first-order valence-corrected chi connectivity index (χ1v) is 10.5. The molecule has 1 saturated heterocycles. The molecule has 0 bridgehead atoms. The minimum absolute atomic E-state index is 0.216. The Morgan fingerprint density at radius 2 is 2.11 bits per heavy atom. The van der Waals surface area contributed by atoms with E-state index in [1.54, 1.807) is 11.3 Å². The average Bonchev–Trinajstić information content (AvgIpc) is 3.09. The number of thiazole rings is 1. The lowest BCUT2D eigenvalue weighted by Crippen LogP contribution is -2.42. The first-order valence-electron chi connectivity index (χ1n) is 9.66. The van der Waals surface area contributed by atoms with E-state index in [4.69, 9.17) is 4.98 Å². The summed E-state index contributed by atoms with van der Waals surface area (Å²) in [6.45, 7) is 4.28. The van der Waals surface area contributed by atoms with E-state index < -0.39 is 0 Å². The zero-order valence-electron chi connectivity index (χ0n) is 16.4. The summed E-state index contributed by atoms with van der Waals surface area (Å²) >= 11 is 1.69. The Labute approximate surface area is 165 Å². The number of aromatic nitrogens is 2. The zero-order chi connectivity index (χ0) is 19.2. The SMILES string of the molecule is CCCc1cnc(Nc2cccc(C3CCN(C(=O)CN(C)C)CC3)n2)s1. The molecule has 6 nitrogen and oxygen atoms in total. The van der Waals surface area contributed by atoms with E-state index >= 15 is 0 Å². The van der Waals surface area contributed by atoms with Crippen molar-refractivity contribution >= 4 is 28.2 Å². The normalized spacial score (nSPS) is 15.3. The van der Waals surface area contributed by atoms with E-state index in [2.05, 4.69) is 29.4 Å². The van der Waals surface area contributed by atoms with Gasteiger partial charge >= 0.3 is 0 Å². The smallest absolute Gasteiger partial charge is 0.236 e. The van der Waals surface area contributed by atoms with Gasteiger partial charge in [0.25, 0.3) is 0 Å². The number of nitrogens with zero attached hydrogens (tertiary/aromatic N) is 4. The summed E-state index contributed by atoms with van der Waals surface area (Å²) in [7, 11) is 3.86. The molecule has 7 heteroatoms. The maximum Gasteiger partial charge on any atom is 0.236 e. The highest BCUT2D eigenvalue weighted by Gasteiger charge is 2.24. The van der Waals surface area contributed by atoms with Crippen LogP contribution in [0.2, 0.25) is 0 Å². The van der Waals surface area contributed by atoms with Crippen molar-refractivity contribution in [2.24, 2.45) is 0 Å². The first kappa shape index (κ1) is 19.8. The molecule has 3 rings (SSSR count). The molecular weight excluding hydrogens is 358 g/mol. The van der Waals surface area contributed by atoms with Crippen molar-refractivity contribution in [1.82, 2.24) is 19.8 Å². The number of rotatable bonds is 7. The van der Waals surface area contributed by atoms with Gasteiger partial charge in [-0.05, 0) is 45.5 Å². The van der Waals surface area contributed by atoms with E-state index in [9.17, 15) is 4.79 Å². The number of piperidine rings is 1. The molecule has 1 aliphatic heterocycles. The van der Waals surface area contributed by atoms with Gasteiger partial charge in [0.1, 0.15) is 5.82 Å². The summed E-state index contributed by atoms with van der Waals surface area (Å²) in [6.07, 6.45) is 6.07. The molecule has 1 fully saturated rings. The highest BCUT2D eigenvalue weighted by Crippen LogP contribution is 2.29. The van der Waals surface area contributed by atoms with Crippen molar-refractivity contribution < 1.29 is 4.79 Å². The highest BCUT2D eigenvalue weighted by atomic mass is 32.1. The van der Waals surface area contributed by atoms with Gasteiger partial charge in [-0.15, -0.1) is 11.3 Å². The number of carbonyl (C=O) groups is 1. The third kappa shape index (κ3) is 5.49. The van der Waals surface area contributed by atoms with Gasteiger partial charge in [-0.25, -0.2) is 9.97 Å². The van der Waals surface area contributed by atoms with Crippen LogP contribution in [-0.2, 0) is 11.2 Å². The summed E-state index contributed by atoms with van der Waals surface area (Å²) in [5.74, 6) is 1.46. The van der Waals surface area contributed by atoms with E-state index in [-0.39, 0.29) is 5.91 Å². The van der Waals surface area contributed by atoms with E-state index in [0.717, 1.165) is 55.4 Å². The fourth-order valence-electron chi connectivity index (χ4n) is 3.38. The number of hydrogen-bond acceptors (Lipinski definition) is 6. The van der Waals surface area contributed by atoms with Gasteiger partial charge in [-0.2, -0.15) is 0 Å². The summed E-state index contributed by atoms with van der Waals surface area (Å²) < 4.78 is 0. The van der Waals surface area contributed by atoms with Gasteiger partial charge in [0.2, 0.25) is 5.91 Å². The second kappa shape index (κ2) is 9.28. The Hall–Kier alpha value is -1.99. The number of anilines is 2. The van der Waals surface area contributed by atoms with Crippen LogP contribution in [-0.4, -0.2) is 59.4 Å². The molecule has 146 valence electrons. The standard InChI is InChI=1S/C20H29N5OS/c1-4-6-16-13-21-20(27-16)23-18-8-5-7-17(22-18)15-9-11-25(12-10-15)19(26)14-24(2)3/h5,7-8,13,15H,4,6,9-12,14H2,1-3H3,(H,21,22,23). The molecule has 1 amide bonds. The minimum Gasteiger partial charge on any atom is -0.342 e. The number of pyridine rings is 1. The zero-order valence-corrected chi connectivity index (χ0v) is 17.3. The Bertz CT molecular complexity index is 752. The molecule has 0 spiro atoms. The molecule has 3 heterocycles. The van der Waals surface area contributed by atoms with Crippen molar-refractivity contribution in [3.05, 3.63) is 35.0 Å². The van der Waals surface area contributed by atoms with Gasteiger partial charge in [-0.3, -0.25) is 4.79 Å². The number of hydrogen-bond donors (Lipinski definition) is 1. The number of likely N-dealkylation sites (tertiary alicyclic amines) is 1. The largest absolute Gasteiger partial charge is 0.342 e. The van der Waals surface area contributed by atoms with Crippen LogP contribution >= 0.6 is 11.3 Å². The molecular formula is C20H29N5OS. The number of nitrogens with one attached hydrogen (secondary N) is 1. The molecule has 0 atom stereocenters. The van der Waals surface area contributed by atoms with Crippen molar-refractivity contribution in [3.8, 4) is 0 Å². The summed E-state index contributed by atoms with van der Waals surface area (Å²) in [6, 6.07) is 6.13. The quantitative estimate of drug-likeness (QED) is 0.788. The third-order valence-corrected chi connectivity index (χ3v) is 5.75. The van der Waals surface area contributed by atoms with Crippen LogP contribution in [0.4, 0.5) is 10.9 Å². The second-order valence-electron chi connectivity index (χ2n) is 7.35. The van der Waals surface area contributed by atoms with Crippen molar-refractivity contribution in [2.45, 2.75) is 38.5 Å². The van der Waals surface area contributed by atoms with Gasteiger partial charge in [0, 0.05) is 35.8 Å². The molecule has 1 N–H and O–H groups in total. The fourth-order valence-corrected chi connectivity index (χ4v) is 4.30. The third-order valence-electron chi connectivity index (χ3n) is 4.77. The predicted octanol–water partition coefficient (Wildman–Crippen LogP) is 3.50. The monoisotopic (exact) mass is 387 g/mol. The Morgan fingerprint density at radius 1 is 1.33 bits per heavy atom. The molecule has 2 aromatic rings. The Morgan fingerprint density at radius 3 is 2.81 bits per heavy atom. The lowest BCUT2D eigenvalue weighted by molar-refractivity contribution is -0.132. The maximum absolute atomic E-state index is 12.2. The lowest BCUT2D eigenvalue weighted by Gasteiger charge is -2.32. The molecule has 2 aromatic heterocycles. The number of carbonyl (C=O) groups excluding carboxylic acids is 1. The molecule has 0 radical (unpaired) electrons. The minimum atomic E-state index is 0.216. The molecule has 0 aromatic carbocycles. The van der Waals surface area contributed by atoms with Gasteiger partial charge in [-0.1, -0.05) is 19.4 Å². The second-order valence-corrected chi connectivity index (χ2v) is 8.46. The van der Waals surface area contributed by atoms with Gasteiger partial charge in [0.05, 0.1) is 6.54 Å². The maximum atomic E-state index is 12.2. The number of amides is 1. The predicted molar refractivity (Wildman–Crippen MR) is 111 cm³/mol. The van der Waals surface area contributed by atoms with Crippen LogP contribution in [0.3, 0.4) is 0 Å². The van der Waals surface area contributed by atoms with Crippen LogP contribution in [0, 0.1) is 0 Å². The summed E-state index contributed by atoms with van der Waals surface area (Å²) in [5.41, 5.74) is 1.10. The topological polar surface area (TPSA) is 61.4 Å². The molecule has 0 saturated carbocycles. The molecule has 1 aliphatic rings. The average molecular weight is 388 g/mol. The van der Waals surface area contributed by atoms with Crippen molar-refractivity contribution in [2.75, 3.05) is 39.0 Å². The Kier molecular flexibility index (Phi) is 6.79. The van der Waals surface area contributed by atoms with Crippen LogP contribution in [0.25, 0.3) is 0 Å². The highest BCUT2D eigenvalue weighted by molar-refractivity contribution is 7.15. The number of aryl methyl sites for hydroxylation is 1. The van der Waals surface area contributed by atoms with Crippen LogP contribution in [0.1, 0.15) is 42.7 Å². The van der Waals surface area contributed by atoms with Crippen molar-refractivity contribution in [1.29, 1.82) is 0 Å². The molecule has 0 aliphatic carbocycles. The van der Waals surface area contributed by atoms with Gasteiger partial charge < -0.3 is 15.1 Å². The van der Waals surface area contributed by atoms with Crippen LogP contribution < -0.4 is 5.32 Å². The summed E-state index contributed by atoms with van der Waals surface area (Å²) in [5, 5.41) is 4.23. The lowest BCUT2D eigenvalue weighted by atomic mass is 9.93. The van der Waals surface area contributed by atoms with E-state index in [1.807, 2.05) is 36.2 Å². The molecule has 0 unspecified atom stereocenters. The van der Waals surface area contributed by atoms with Crippen LogP contribution in [0.15, 0.2) is 24.4 Å². The van der Waals surface area contributed by atoms with Gasteiger partial charge in [0.15, 0.2) is 5.13 Å². The Balaban J connectivity index is 1.58. The van der Waals surface area contributed by atoms with E-state index in [0.29, 0.717) is 12.5 Å².